The second-order valence-electron chi connectivity index (χ2n) is 5.11. The molecule has 102 valence electrons. The van der Waals surface area contributed by atoms with E-state index in [0.29, 0.717) is 6.54 Å². The zero-order valence-electron chi connectivity index (χ0n) is 11.0. The molecular weight excluding hydrogens is 232 g/mol. The molecule has 0 aromatic carbocycles. The minimum atomic E-state index is -0.363. The standard InChI is InChI=1S/C13H22N2O3/c1-18-13(17)11-6-2-3-8-15(11)12(16)10-5-4-7-14-9-10/h10-11,14H,2-9H2,1H3. The topological polar surface area (TPSA) is 58.6 Å². The Morgan fingerprint density at radius 2 is 2.06 bits per heavy atom. The summed E-state index contributed by atoms with van der Waals surface area (Å²) in [4.78, 5) is 25.9. The summed E-state index contributed by atoms with van der Waals surface area (Å²) in [5, 5.41) is 3.25. The smallest absolute Gasteiger partial charge is 0.328 e. The van der Waals surface area contributed by atoms with Crippen molar-refractivity contribution in [3.63, 3.8) is 0 Å². The van der Waals surface area contributed by atoms with Gasteiger partial charge in [-0.15, -0.1) is 0 Å². The van der Waals surface area contributed by atoms with E-state index < -0.39 is 0 Å². The van der Waals surface area contributed by atoms with Crippen LogP contribution in [0.5, 0.6) is 0 Å². The van der Waals surface area contributed by atoms with Crippen molar-refractivity contribution in [1.29, 1.82) is 0 Å². The lowest BCUT2D eigenvalue weighted by Gasteiger charge is -2.37. The molecule has 2 fully saturated rings. The van der Waals surface area contributed by atoms with Crippen molar-refractivity contribution >= 4 is 11.9 Å². The van der Waals surface area contributed by atoms with Crippen molar-refractivity contribution in [2.24, 2.45) is 5.92 Å². The Morgan fingerprint density at radius 3 is 2.72 bits per heavy atom. The first-order chi connectivity index (χ1) is 8.74. The summed E-state index contributed by atoms with van der Waals surface area (Å²) >= 11 is 0. The van der Waals surface area contributed by atoms with Crippen LogP contribution in [0.1, 0.15) is 32.1 Å². The number of hydrogen-bond acceptors (Lipinski definition) is 4. The number of ether oxygens (including phenoxy) is 1. The molecule has 1 amide bonds. The third-order valence-corrected chi connectivity index (χ3v) is 3.91. The van der Waals surface area contributed by atoms with Gasteiger partial charge in [-0.25, -0.2) is 4.79 Å². The third kappa shape index (κ3) is 2.83. The average Bonchev–Trinajstić information content (AvgIpc) is 2.46. The van der Waals surface area contributed by atoms with Gasteiger partial charge in [0, 0.05) is 13.1 Å². The lowest BCUT2D eigenvalue weighted by atomic mass is 9.94. The molecule has 0 saturated carbocycles. The highest BCUT2D eigenvalue weighted by atomic mass is 16.5. The SMILES string of the molecule is COC(=O)C1CCCCN1C(=O)C1CCCNC1. The average molecular weight is 254 g/mol. The van der Waals surface area contributed by atoms with E-state index in [0.717, 1.165) is 45.2 Å². The zero-order valence-corrected chi connectivity index (χ0v) is 11.0. The van der Waals surface area contributed by atoms with E-state index in [-0.39, 0.29) is 23.8 Å². The molecule has 5 heteroatoms. The highest BCUT2D eigenvalue weighted by molar-refractivity contribution is 5.86. The van der Waals surface area contributed by atoms with Gasteiger partial charge in [0.1, 0.15) is 6.04 Å². The Balaban J connectivity index is 2.03. The van der Waals surface area contributed by atoms with Crippen LogP contribution in [0, 0.1) is 5.92 Å². The summed E-state index contributed by atoms with van der Waals surface area (Å²) in [7, 11) is 1.39. The van der Waals surface area contributed by atoms with Crippen LogP contribution < -0.4 is 5.32 Å². The zero-order chi connectivity index (χ0) is 13.0. The Labute approximate surface area is 108 Å². The molecule has 0 spiro atoms. The lowest BCUT2D eigenvalue weighted by molar-refractivity contribution is -0.156. The predicted octanol–water partition coefficient (Wildman–Crippen LogP) is 0.540. The molecule has 2 atom stereocenters. The minimum Gasteiger partial charge on any atom is -0.467 e. The fourth-order valence-electron chi connectivity index (χ4n) is 2.87. The van der Waals surface area contributed by atoms with Gasteiger partial charge in [0.05, 0.1) is 13.0 Å². The van der Waals surface area contributed by atoms with Gasteiger partial charge < -0.3 is 15.0 Å². The summed E-state index contributed by atoms with van der Waals surface area (Å²) in [6.45, 7) is 2.42. The van der Waals surface area contributed by atoms with Crippen LogP contribution in [0.3, 0.4) is 0 Å². The van der Waals surface area contributed by atoms with Crippen LogP contribution in [0.15, 0.2) is 0 Å². The molecule has 0 bridgehead atoms. The number of carbonyl (C=O) groups excluding carboxylic acids is 2. The van der Waals surface area contributed by atoms with Crippen LogP contribution in [0.25, 0.3) is 0 Å². The number of amides is 1. The van der Waals surface area contributed by atoms with Crippen molar-refractivity contribution in [3.05, 3.63) is 0 Å². The van der Waals surface area contributed by atoms with E-state index in [1.807, 2.05) is 0 Å². The number of rotatable bonds is 2. The van der Waals surface area contributed by atoms with Gasteiger partial charge in [-0.3, -0.25) is 4.79 Å². The number of carbonyl (C=O) groups is 2. The normalized spacial score (nSPS) is 28.8. The number of piperidine rings is 2. The summed E-state index contributed by atoms with van der Waals surface area (Å²) in [5.74, 6) is -0.117. The van der Waals surface area contributed by atoms with Gasteiger partial charge in [0.25, 0.3) is 0 Å². The molecular formula is C13H22N2O3. The maximum absolute atomic E-state index is 12.5. The molecule has 2 heterocycles. The van der Waals surface area contributed by atoms with Crippen molar-refractivity contribution < 1.29 is 14.3 Å². The first kappa shape index (κ1) is 13.3. The second kappa shape index (κ2) is 6.18. The minimum absolute atomic E-state index is 0.0315. The van der Waals surface area contributed by atoms with E-state index in [4.69, 9.17) is 4.74 Å². The number of hydrogen-bond donors (Lipinski definition) is 1. The molecule has 2 saturated heterocycles. The number of esters is 1. The van der Waals surface area contributed by atoms with Crippen LogP contribution in [-0.4, -0.2) is 49.6 Å². The summed E-state index contributed by atoms with van der Waals surface area (Å²) in [6, 6.07) is -0.363. The first-order valence-corrected chi connectivity index (χ1v) is 6.83. The molecule has 0 radical (unpaired) electrons. The Bertz CT molecular complexity index is 313. The Morgan fingerprint density at radius 1 is 1.22 bits per heavy atom. The molecule has 0 aromatic heterocycles. The fourth-order valence-corrected chi connectivity index (χ4v) is 2.87. The number of methoxy groups -OCH3 is 1. The van der Waals surface area contributed by atoms with E-state index >= 15 is 0 Å². The summed E-state index contributed by atoms with van der Waals surface area (Å²) in [6.07, 6.45) is 4.67. The number of nitrogens with zero attached hydrogens (tertiary/aromatic N) is 1. The van der Waals surface area contributed by atoms with Crippen LogP contribution in [-0.2, 0) is 14.3 Å². The van der Waals surface area contributed by atoms with Crippen LogP contribution >= 0.6 is 0 Å². The van der Waals surface area contributed by atoms with E-state index in [9.17, 15) is 9.59 Å². The first-order valence-electron chi connectivity index (χ1n) is 6.83. The van der Waals surface area contributed by atoms with E-state index in [2.05, 4.69) is 5.32 Å². The molecule has 0 aliphatic carbocycles. The molecule has 2 rings (SSSR count). The van der Waals surface area contributed by atoms with Crippen LogP contribution in [0.2, 0.25) is 0 Å². The second-order valence-corrected chi connectivity index (χ2v) is 5.11. The molecule has 1 N–H and O–H groups in total. The number of nitrogens with one attached hydrogen (secondary N) is 1. The summed E-state index contributed by atoms with van der Waals surface area (Å²) < 4.78 is 4.81. The molecule has 2 aliphatic heterocycles. The quantitative estimate of drug-likeness (QED) is 0.731. The summed E-state index contributed by atoms with van der Waals surface area (Å²) in [5.41, 5.74) is 0. The van der Waals surface area contributed by atoms with Crippen molar-refractivity contribution in [2.75, 3.05) is 26.7 Å². The highest BCUT2D eigenvalue weighted by Crippen LogP contribution is 2.22. The van der Waals surface area contributed by atoms with Gasteiger partial charge in [0.2, 0.25) is 5.91 Å². The van der Waals surface area contributed by atoms with Gasteiger partial charge in [-0.05, 0) is 38.6 Å². The predicted molar refractivity (Wildman–Crippen MR) is 67.0 cm³/mol. The largest absolute Gasteiger partial charge is 0.467 e. The van der Waals surface area contributed by atoms with E-state index in [1.54, 1.807) is 4.90 Å². The maximum Gasteiger partial charge on any atom is 0.328 e. The molecule has 5 nitrogen and oxygen atoms in total. The Hall–Kier alpha value is -1.10. The molecule has 0 aromatic rings. The van der Waals surface area contributed by atoms with Crippen molar-refractivity contribution in [2.45, 2.75) is 38.1 Å². The number of likely N-dealkylation sites (tertiary alicyclic amines) is 1. The van der Waals surface area contributed by atoms with Crippen LogP contribution in [0.4, 0.5) is 0 Å². The van der Waals surface area contributed by atoms with Gasteiger partial charge >= 0.3 is 5.97 Å². The van der Waals surface area contributed by atoms with Crippen molar-refractivity contribution in [1.82, 2.24) is 10.2 Å². The van der Waals surface area contributed by atoms with Gasteiger partial charge in [-0.1, -0.05) is 0 Å². The Kier molecular flexibility index (Phi) is 4.58. The van der Waals surface area contributed by atoms with E-state index in [1.165, 1.54) is 7.11 Å². The highest BCUT2D eigenvalue weighted by Gasteiger charge is 2.36. The maximum atomic E-state index is 12.5. The molecule has 2 unspecified atom stereocenters. The fraction of sp³-hybridized carbons (Fsp3) is 0.846. The van der Waals surface area contributed by atoms with Gasteiger partial charge in [-0.2, -0.15) is 0 Å². The molecule has 2 aliphatic rings. The third-order valence-electron chi connectivity index (χ3n) is 3.91. The monoisotopic (exact) mass is 254 g/mol. The van der Waals surface area contributed by atoms with Crippen molar-refractivity contribution in [3.8, 4) is 0 Å². The lowest BCUT2D eigenvalue weighted by Crippen LogP contribution is -2.52. The van der Waals surface area contributed by atoms with Gasteiger partial charge in [0.15, 0.2) is 0 Å². The molecule has 18 heavy (non-hydrogen) atoms.